The molecule has 0 spiro atoms. The molecule has 0 atom stereocenters. The Morgan fingerprint density at radius 1 is 0.778 bits per heavy atom. The summed E-state index contributed by atoms with van der Waals surface area (Å²) < 4.78 is 8.64. The van der Waals surface area contributed by atoms with Crippen molar-refractivity contribution < 1.29 is 9.21 Å². The van der Waals surface area contributed by atoms with Crippen LogP contribution in [0, 0.1) is 0 Å². The van der Waals surface area contributed by atoms with Gasteiger partial charge in [-0.3, -0.25) is 4.79 Å². The van der Waals surface area contributed by atoms with Crippen molar-refractivity contribution in [2.24, 2.45) is 0 Å². The number of aromatic nitrogens is 1. The summed E-state index contributed by atoms with van der Waals surface area (Å²) in [7, 11) is 0. The van der Waals surface area contributed by atoms with Crippen LogP contribution in [0.5, 0.6) is 0 Å². The summed E-state index contributed by atoms with van der Waals surface area (Å²) in [5.74, 6) is -0.156. The van der Waals surface area contributed by atoms with Crippen molar-refractivity contribution in [1.82, 2.24) is 4.57 Å². The van der Waals surface area contributed by atoms with Crippen molar-refractivity contribution >= 4 is 43.6 Å². The van der Waals surface area contributed by atoms with Crippen LogP contribution in [0.15, 0.2) is 123 Å². The number of fused-ring (bicyclic) bond motifs is 3. The molecule has 0 saturated carbocycles. The Bertz CT molecular complexity index is 1780. The van der Waals surface area contributed by atoms with Crippen LogP contribution >= 0.6 is 15.9 Å². The zero-order valence-electron chi connectivity index (χ0n) is 19.1. The quantitative estimate of drug-likeness (QED) is 0.171. The number of ketones is 1. The van der Waals surface area contributed by atoms with Crippen molar-refractivity contribution in [2.45, 2.75) is 6.54 Å². The van der Waals surface area contributed by atoms with E-state index < -0.39 is 5.63 Å². The maximum atomic E-state index is 14.2. The third-order valence-corrected chi connectivity index (χ3v) is 6.91. The van der Waals surface area contributed by atoms with Crippen molar-refractivity contribution in [3.8, 4) is 11.1 Å². The second kappa shape index (κ2) is 9.10. The van der Waals surface area contributed by atoms with Crippen LogP contribution in [-0.4, -0.2) is 10.4 Å². The number of nitrogens with zero attached hydrogens (tertiary/aromatic N) is 1. The molecule has 6 rings (SSSR count). The molecule has 0 bridgehead atoms. The van der Waals surface area contributed by atoms with E-state index in [-0.39, 0.29) is 5.78 Å². The molecule has 5 heteroatoms. The van der Waals surface area contributed by atoms with Gasteiger partial charge in [0.05, 0.1) is 16.6 Å². The van der Waals surface area contributed by atoms with E-state index in [1.807, 2.05) is 95.6 Å². The molecule has 0 unspecified atom stereocenters. The fraction of sp³-hybridized carbons (Fsp3) is 0.0323. The summed E-state index contributed by atoms with van der Waals surface area (Å²) in [6.45, 7) is 0.426. The number of para-hydroxylation sites is 1. The third kappa shape index (κ3) is 3.78. The SMILES string of the molecule is O=C(c1ccc(Br)cc1)c1c(-c2ccccc2)c2c(=O)oc3ccccc3c2n1Cc1ccccc1. The summed E-state index contributed by atoms with van der Waals surface area (Å²) in [5.41, 5.74) is 4.14. The molecule has 174 valence electrons. The van der Waals surface area contributed by atoms with Gasteiger partial charge in [0.15, 0.2) is 0 Å². The molecule has 0 aliphatic carbocycles. The number of hydrogen-bond acceptors (Lipinski definition) is 3. The summed E-state index contributed by atoms with van der Waals surface area (Å²) in [4.78, 5) is 27.7. The number of hydrogen-bond donors (Lipinski definition) is 0. The third-order valence-electron chi connectivity index (χ3n) is 6.38. The highest BCUT2D eigenvalue weighted by molar-refractivity contribution is 9.10. The number of rotatable bonds is 5. The molecule has 0 aliphatic rings. The molecule has 0 N–H and O–H groups in total. The smallest absolute Gasteiger partial charge is 0.346 e. The topological polar surface area (TPSA) is 52.2 Å². The Balaban J connectivity index is 1.78. The molecule has 0 aliphatic heterocycles. The Labute approximate surface area is 215 Å². The predicted octanol–water partition coefficient (Wildman–Crippen LogP) is 7.46. The molecular weight excluding hydrogens is 514 g/mol. The second-order valence-corrected chi connectivity index (χ2v) is 9.52. The van der Waals surface area contributed by atoms with E-state index in [9.17, 15) is 9.59 Å². The monoisotopic (exact) mass is 533 g/mol. The van der Waals surface area contributed by atoms with Crippen molar-refractivity contribution in [3.05, 3.63) is 141 Å². The summed E-state index contributed by atoms with van der Waals surface area (Å²) in [6, 6.07) is 34.3. The maximum absolute atomic E-state index is 14.2. The predicted molar refractivity (Wildman–Crippen MR) is 147 cm³/mol. The van der Waals surface area contributed by atoms with Gasteiger partial charge >= 0.3 is 5.63 Å². The Hall–Kier alpha value is -4.22. The summed E-state index contributed by atoms with van der Waals surface area (Å²) >= 11 is 3.46. The van der Waals surface area contributed by atoms with Gasteiger partial charge in [-0.25, -0.2) is 4.79 Å². The molecule has 0 radical (unpaired) electrons. The van der Waals surface area contributed by atoms with E-state index in [4.69, 9.17) is 4.42 Å². The van der Waals surface area contributed by atoms with Crippen LogP contribution in [0.1, 0.15) is 21.6 Å². The average Bonchev–Trinajstić information content (AvgIpc) is 3.25. The van der Waals surface area contributed by atoms with Gasteiger partial charge in [-0.1, -0.05) is 88.7 Å². The summed E-state index contributed by atoms with van der Waals surface area (Å²) in [6.07, 6.45) is 0. The van der Waals surface area contributed by atoms with Gasteiger partial charge in [0.1, 0.15) is 5.58 Å². The summed E-state index contributed by atoms with van der Waals surface area (Å²) in [5, 5.41) is 1.20. The Kier molecular flexibility index (Phi) is 5.62. The van der Waals surface area contributed by atoms with Gasteiger partial charge in [0.25, 0.3) is 0 Å². The Morgan fingerprint density at radius 2 is 1.42 bits per heavy atom. The van der Waals surface area contributed by atoms with Crippen LogP contribution in [0.4, 0.5) is 0 Å². The first-order chi connectivity index (χ1) is 17.6. The minimum absolute atomic E-state index is 0.156. The van der Waals surface area contributed by atoms with Gasteiger partial charge in [-0.2, -0.15) is 0 Å². The lowest BCUT2D eigenvalue weighted by atomic mass is 9.98. The average molecular weight is 534 g/mol. The number of benzene rings is 4. The highest BCUT2D eigenvalue weighted by Crippen LogP contribution is 2.38. The van der Waals surface area contributed by atoms with E-state index in [0.29, 0.717) is 39.9 Å². The highest BCUT2D eigenvalue weighted by Gasteiger charge is 2.28. The van der Waals surface area contributed by atoms with Crippen LogP contribution in [0.2, 0.25) is 0 Å². The molecule has 0 saturated heterocycles. The van der Waals surface area contributed by atoms with Gasteiger partial charge in [0, 0.05) is 27.5 Å². The van der Waals surface area contributed by atoms with Crippen molar-refractivity contribution in [2.75, 3.05) is 0 Å². The zero-order valence-corrected chi connectivity index (χ0v) is 20.7. The molecule has 4 aromatic carbocycles. The first kappa shape index (κ1) is 22.3. The second-order valence-electron chi connectivity index (χ2n) is 8.61. The zero-order chi connectivity index (χ0) is 24.6. The van der Waals surface area contributed by atoms with E-state index >= 15 is 0 Å². The van der Waals surface area contributed by atoms with E-state index in [1.54, 1.807) is 18.2 Å². The van der Waals surface area contributed by atoms with Gasteiger partial charge in [-0.15, -0.1) is 0 Å². The largest absolute Gasteiger partial charge is 0.422 e. The fourth-order valence-corrected chi connectivity index (χ4v) is 5.05. The number of halogens is 1. The highest BCUT2D eigenvalue weighted by atomic mass is 79.9. The molecule has 0 fully saturated rings. The van der Waals surface area contributed by atoms with E-state index in [1.165, 1.54) is 0 Å². The van der Waals surface area contributed by atoms with Gasteiger partial charge in [-0.05, 0) is 47.5 Å². The van der Waals surface area contributed by atoms with E-state index in [2.05, 4.69) is 15.9 Å². The molecule has 2 heterocycles. The van der Waals surface area contributed by atoms with Crippen LogP contribution in [0.25, 0.3) is 33.0 Å². The lowest BCUT2D eigenvalue weighted by Gasteiger charge is -2.13. The lowest BCUT2D eigenvalue weighted by Crippen LogP contribution is -2.12. The fourth-order valence-electron chi connectivity index (χ4n) is 4.78. The number of carbonyl (C=O) groups is 1. The van der Waals surface area contributed by atoms with Crippen molar-refractivity contribution in [3.63, 3.8) is 0 Å². The molecule has 4 nitrogen and oxygen atoms in total. The van der Waals surface area contributed by atoms with Crippen LogP contribution in [0.3, 0.4) is 0 Å². The van der Waals surface area contributed by atoms with Gasteiger partial charge < -0.3 is 8.98 Å². The van der Waals surface area contributed by atoms with Crippen LogP contribution in [-0.2, 0) is 6.54 Å². The molecule has 2 aromatic heterocycles. The lowest BCUT2D eigenvalue weighted by molar-refractivity contribution is 0.103. The van der Waals surface area contributed by atoms with Gasteiger partial charge in [0.2, 0.25) is 5.78 Å². The molecule has 6 aromatic rings. The number of carbonyl (C=O) groups excluding carboxylic acids is 1. The minimum atomic E-state index is -0.459. The Morgan fingerprint density at radius 3 is 2.14 bits per heavy atom. The normalized spacial score (nSPS) is 11.2. The minimum Gasteiger partial charge on any atom is -0.422 e. The first-order valence-electron chi connectivity index (χ1n) is 11.6. The van der Waals surface area contributed by atoms with Crippen molar-refractivity contribution in [1.29, 1.82) is 0 Å². The maximum Gasteiger partial charge on any atom is 0.346 e. The molecule has 36 heavy (non-hydrogen) atoms. The van der Waals surface area contributed by atoms with Crippen LogP contribution < -0.4 is 5.63 Å². The van der Waals surface area contributed by atoms with E-state index in [0.717, 1.165) is 21.0 Å². The first-order valence-corrected chi connectivity index (χ1v) is 12.4. The molecular formula is C31H20BrNO3. The standard InChI is InChI=1S/C31H20BrNO3/c32-23-17-15-22(16-18-23)30(34)29-26(21-11-5-2-6-12-21)27-28(33(29)19-20-9-3-1-4-10-20)24-13-7-8-14-25(24)36-31(27)35/h1-18H,19H2. The molecule has 0 amide bonds.